The van der Waals surface area contributed by atoms with Crippen LogP contribution in [0.15, 0.2) is 48.8 Å². The molecule has 2 saturated heterocycles. The minimum Gasteiger partial charge on any atom is -0.341 e. The highest BCUT2D eigenvalue weighted by Crippen LogP contribution is 2.23. The van der Waals surface area contributed by atoms with Crippen molar-refractivity contribution in [3.8, 4) is 0 Å². The summed E-state index contributed by atoms with van der Waals surface area (Å²) in [5.41, 5.74) is 1.41. The lowest BCUT2D eigenvalue weighted by Crippen LogP contribution is -2.55. The molecular formula is C23H31N5O. The topological polar surface area (TPSA) is 52.6 Å². The number of hydrogen-bond donors (Lipinski definition) is 0. The fraction of sp³-hybridized carbons (Fsp3) is 0.522. The molecule has 1 aromatic carbocycles. The van der Waals surface area contributed by atoms with Crippen LogP contribution in [0.2, 0.25) is 0 Å². The number of carbonyl (C=O) groups excluding carboxylic acids is 1. The number of piperidine rings is 1. The number of aromatic nitrogens is 2. The summed E-state index contributed by atoms with van der Waals surface area (Å²) >= 11 is 0. The molecule has 154 valence electrons. The van der Waals surface area contributed by atoms with Crippen molar-refractivity contribution in [1.82, 2.24) is 19.8 Å². The molecule has 2 aliphatic heterocycles. The number of likely N-dealkylation sites (tertiary alicyclic amines) is 1. The van der Waals surface area contributed by atoms with E-state index >= 15 is 0 Å². The Morgan fingerprint density at radius 1 is 0.966 bits per heavy atom. The molecule has 1 aromatic heterocycles. The first-order chi connectivity index (χ1) is 14.2. The van der Waals surface area contributed by atoms with E-state index < -0.39 is 0 Å². The van der Waals surface area contributed by atoms with Crippen molar-refractivity contribution in [2.75, 3.05) is 44.2 Å². The summed E-state index contributed by atoms with van der Waals surface area (Å²) in [7, 11) is 0. The molecule has 29 heavy (non-hydrogen) atoms. The van der Waals surface area contributed by atoms with Crippen LogP contribution in [0.25, 0.3) is 0 Å². The molecule has 1 amide bonds. The van der Waals surface area contributed by atoms with E-state index in [2.05, 4.69) is 61.9 Å². The minimum atomic E-state index is -0.0560. The van der Waals surface area contributed by atoms with E-state index in [0.29, 0.717) is 5.92 Å². The number of anilines is 1. The van der Waals surface area contributed by atoms with Crippen LogP contribution in [0.4, 0.5) is 5.95 Å². The lowest BCUT2D eigenvalue weighted by atomic mass is 9.90. The molecule has 0 N–H and O–H groups in total. The summed E-state index contributed by atoms with van der Waals surface area (Å²) in [5.74, 6) is 1.75. The second-order valence-corrected chi connectivity index (χ2v) is 8.21. The maximum Gasteiger partial charge on any atom is 0.239 e. The fourth-order valence-corrected chi connectivity index (χ4v) is 4.49. The molecule has 0 saturated carbocycles. The molecule has 2 fully saturated rings. The highest BCUT2D eigenvalue weighted by molar-refractivity contribution is 5.81. The van der Waals surface area contributed by atoms with Crippen LogP contribution in [0.1, 0.15) is 25.3 Å². The summed E-state index contributed by atoms with van der Waals surface area (Å²) in [6, 6.07) is 12.5. The standard InChI is InChI=1S/C23H31N5O/c1-19(26-14-16-28(17-15-26)23-24-10-5-11-25-23)22(29)27-12-8-21(9-13-27)18-20-6-3-2-4-7-20/h2-7,10-11,19,21H,8-9,12-18H2,1H3/t19-/m0/s1. The van der Waals surface area contributed by atoms with Gasteiger partial charge in [0.25, 0.3) is 0 Å². The quantitative estimate of drug-likeness (QED) is 0.781. The molecule has 0 aliphatic carbocycles. The lowest BCUT2D eigenvalue weighted by Gasteiger charge is -2.40. The minimum absolute atomic E-state index is 0.0560. The van der Waals surface area contributed by atoms with Crippen LogP contribution in [-0.2, 0) is 11.2 Å². The van der Waals surface area contributed by atoms with Gasteiger partial charge in [-0.3, -0.25) is 9.69 Å². The molecule has 0 bridgehead atoms. The van der Waals surface area contributed by atoms with Gasteiger partial charge in [0.1, 0.15) is 0 Å². The van der Waals surface area contributed by atoms with E-state index in [-0.39, 0.29) is 11.9 Å². The van der Waals surface area contributed by atoms with E-state index in [1.807, 2.05) is 6.07 Å². The summed E-state index contributed by atoms with van der Waals surface area (Å²) < 4.78 is 0. The largest absolute Gasteiger partial charge is 0.341 e. The molecular weight excluding hydrogens is 362 g/mol. The van der Waals surface area contributed by atoms with Crippen LogP contribution in [-0.4, -0.2) is 71.0 Å². The summed E-state index contributed by atoms with van der Waals surface area (Å²) in [6.45, 7) is 7.30. The average molecular weight is 394 g/mol. The van der Waals surface area contributed by atoms with E-state index in [1.54, 1.807) is 12.4 Å². The monoisotopic (exact) mass is 393 g/mol. The average Bonchev–Trinajstić information content (AvgIpc) is 2.80. The van der Waals surface area contributed by atoms with Gasteiger partial charge in [-0.05, 0) is 43.7 Å². The first-order valence-corrected chi connectivity index (χ1v) is 10.8. The van der Waals surface area contributed by atoms with Gasteiger partial charge in [0, 0.05) is 51.7 Å². The number of carbonyl (C=O) groups is 1. The summed E-state index contributed by atoms with van der Waals surface area (Å²) in [4.78, 5) is 28.3. The van der Waals surface area contributed by atoms with Gasteiger partial charge in [-0.1, -0.05) is 30.3 Å². The van der Waals surface area contributed by atoms with Gasteiger partial charge < -0.3 is 9.80 Å². The number of rotatable bonds is 5. The molecule has 6 nitrogen and oxygen atoms in total. The van der Waals surface area contributed by atoms with Gasteiger partial charge in [-0.2, -0.15) is 0 Å². The van der Waals surface area contributed by atoms with E-state index in [1.165, 1.54) is 5.56 Å². The van der Waals surface area contributed by atoms with Gasteiger partial charge in [-0.15, -0.1) is 0 Å². The van der Waals surface area contributed by atoms with Crippen LogP contribution in [0, 0.1) is 5.92 Å². The van der Waals surface area contributed by atoms with E-state index in [4.69, 9.17) is 0 Å². The smallest absolute Gasteiger partial charge is 0.239 e. The van der Waals surface area contributed by atoms with Crippen molar-refractivity contribution >= 4 is 11.9 Å². The molecule has 0 spiro atoms. The van der Waals surface area contributed by atoms with Crippen molar-refractivity contribution in [3.05, 3.63) is 54.4 Å². The van der Waals surface area contributed by atoms with E-state index in [0.717, 1.165) is 64.5 Å². The van der Waals surface area contributed by atoms with Gasteiger partial charge in [0.05, 0.1) is 6.04 Å². The predicted octanol–water partition coefficient (Wildman–Crippen LogP) is 2.47. The number of amides is 1. The highest BCUT2D eigenvalue weighted by atomic mass is 16.2. The lowest BCUT2D eigenvalue weighted by molar-refractivity contribution is -0.138. The predicted molar refractivity (Wildman–Crippen MR) is 115 cm³/mol. The highest BCUT2D eigenvalue weighted by Gasteiger charge is 2.31. The Bertz CT molecular complexity index is 768. The van der Waals surface area contributed by atoms with Crippen molar-refractivity contribution in [2.45, 2.75) is 32.2 Å². The third kappa shape index (κ3) is 4.93. The molecule has 2 aliphatic rings. The van der Waals surface area contributed by atoms with Crippen molar-refractivity contribution in [2.24, 2.45) is 5.92 Å². The Morgan fingerprint density at radius 2 is 1.62 bits per heavy atom. The Labute approximate surface area is 173 Å². The molecule has 3 heterocycles. The molecule has 0 unspecified atom stereocenters. The molecule has 0 radical (unpaired) electrons. The van der Waals surface area contributed by atoms with Crippen LogP contribution in [0.5, 0.6) is 0 Å². The van der Waals surface area contributed by atoms with Crippen molar-refractivity contribution in [3.63, 3.8) is 0 Å². The number of nitrogens with zero attached hydrogens (tertiary/aromatic N) is 5. The normalized spacial score (nSPS) is 19.9. The Morgan fingerprint density at radius 3 is 2.28 bits per heavy atom. The van der Waals surface area contributed by atoms with Crippen LogP contribution >= 0.6 is 0 Å². The van der Waals surface area contributed by atoms with Crippen LogP contribution < -0.4 is 4.90 Å². The third-order valence-corrected chi connectivity index (χ3v) is 6.35. The third-order valence-electron chi connectivity index (χ3n) is 6.35. The SMILES string of the molecule is C[C@@H](C(=O)N1CCC(Cc2ccccc2)CC1)N1CCN(c2ncccn2)CC1. The van der Waals surface area contributed by atoms with Crippen LogP contribution in [0.3, 0.4) is 0 Å². The van der Waals surface area contributed by atoms with Crippen molar-refractivity contribution < 1.29 is 4.79 Å². The zero-order chi connectivity index (χ0) is 20.1. The first-order valence-electron chi connectivity index (χ1n) is 10.8. The molecule has 6 heteroatoms. The Kier molecular flexibility index (Phi) is 6.39. The molecule has 4 rings (SSSR count). The molecule has 2 aromatic rings. The van der Waals surface area contributed by atoms with Gasteiger partial charge in [-0.25, -0.2) is 9.97 Å². The zero-order valence-corrected chi connectivity index (χ0v) is 17.3. The molecule has 1 atom stereocenters. The van der Waals surface area contributed by atoms with Gasteiger partial charge in [0.15, 0.2) is 0 Å². The Balaban J connectivity index is 1.24. The first kappa shape index (κ1) is 19.8. The summed E-state index contributed by atoms with van der Waals surface area (Å²) in [6.07, 6.45) is 6.89. The summed E-state index contributed by atoms with van der Waals surface area (Å²) in [5, 5.41) is 0. The fourth-order valence-electron chi connectivity index (χ4n) is 4.49. The van der Waals surface area contributed by atoms with E-state index in [9.17, 15) is 4.79 Å². The maximum atomic E-state index is 13.1. The van der Waals surface area contributed by atoms with Crippen molar-refractivity contribution in [1.29, 1.82) is 0 Å². The van der Waals surface area contributed by atoms with Gasteiger partial charge >= 0.3 is 0 Å². The number of hydrogen-bond acceptors (Lipinski definition) is 5. The maximum absolute atomic E-state index is 13.1. The Hall–Kier alpha value is -2.47. The zero-order valence-electron chi connectivity index (χ0n) is 17.3. The number of piperazine rings is 1. The van der Waals surface area contributed by atoms with Gasteiger partial charge in [0.2, 0.25) is 11.9 Å². The second kappa shape index (κ2) is 9.35. The number of benzene rings is 1. The second-order valence-electron chi connectivity index (χ2n) is 8.21.